The predicted octanol–water partition coefficient (Wildman–Crippen LogP) is 8.04. The molecule has 0 radical (unpaired) electrons. The number of hydrogen-bond acceptors (Lipinski definition) is 3. The fourth-order valence-corrected chi connectivity index (χ4v) is 4.25. The van der Waals surface area contributed by atoms with Gasteiger partial charge in [0.2, 0.25) is 5.82 Å². The van der Waals surface area contributed by atoms with E-state index in [1.807, 2.05) is 26.0 Å². The Hall–Kier alpha value is -3.09. The van der Waals surface area contributed by atoms with Crippen LogP contribution in [0.3, 0.4) is 0 Å². The van der Waals surface area contributed by atoms with E-state index in [2.05, 4.69) is 6.08 Å². The largest absolute Gasteiger partial charge is 0.490 e. The number of rotatable bonds is 9. The summed E-state index contributed by atoms with van der Waals surface area (Å²) < 4.78 is 60.8. The lowest BCUT2D eigenvalue weighted by atomic mass is 9.95. The Balaban J connectivity index is 1.44. The van der Waals surface area contributed by atoms with Crippen LogP contribution in [0.2, 0.25) is 0 Å². The van der Waals surface area contributed by atoms with Crippen molar-refractivity contribution in [3.05, 3.63) is 89.8 Å². The molecule has 0 saturated carbocycles. The molecule has 0 aliphatic carbocycles. The van der Waals surface area contributed by atoms with Gasteiger partial charge in [-0.15, -0.1) is 0 Å². The summed E-state index contributed by atoms with van der Waals surface area (Å²) in [5, 5.41) is 0. The second-order valence-electron chi connectivity index (χ2n) is 8.84. The summed E-state index contributed by atoms with van der Waals surface area (Å²) in [6.45, 7) is 5.01. The van der Waals surface area contributed by atoms with E-state index in [-0.39, 0.29) is 29.3 Å². The molecule has 3 aromatic carbocycles. The Bertz CT molecular complexity index is 1180. The normalized spacial score (nSPS) is 18.0. The van der Waals surface area contributed by atoms with Crippen molar-refractivity contribution in [1.29, 1.82) is 0 Å². The lowest BCUT2D eigenvalue weighted by Crippen LogP contribution is -2.31. The second kappa shape index (κ2) is 12.2. The predicted molar refractivity (Wildman–Crippen MR) is 135 cm³/mol. The van der Waals surface area contributed by atoms with Crippen molar-refractivity contribution in [2.45, 2.75) is 45.3 Å². The van der Waals surface area contributed by atoms with Crippen molar-refractivity contribution in [3.63, 3.8) is 0 Å². The van der Waals surface area contributed by atoms with Crippen LogP contribution < -0.4 is 4.74 Å². The minimum Gasteiger partial charge on any atom is -0.490 e. The van der Waals surface area contributed by atoms with Gasteiger partial charge in [-0.05, 0) is 60.2 Å². The van der Waals surface area contributed by atoms with E-state index in [4.69, 9.17) is 14.2 Å². The molecule has 0 amide bonds. The minimum atomic E-state index is -0.998. The molecule has 1 heterocycles. The van der Waals surface area contributed by atoms with Crippen LogP contribution >= 0.6 is 0 Å². The van der Waals surface area contributed by atoms with Gasteiger partial charge in [0.15, 0.2) is 17.9 Å². The molecule has 6 heteroatoms. The van der Waals surface area contributed by atoms with Gasteiger partial charge in [-0.3, -0.25) is 0 Å². The van der Waals surface area contributed by atoms with Gasteiger partial charge in [0.25, 0.3) is 0 Å². The summed E-state index contributed by atoms with van der Waals surface area (Å²) in [7, 11) is 0. The standard InChI is InChI=1S/C30H31F3O3/c1-3-5-6-7-28-35-18-23(19-36-28)24-13-12-22(17-26(24)31)20-8-10-21(11-9-20)25-14-15-27(34-16-4-2)30(33)29(25)32/h3,5,8-15,17,23,28H,4,6-7,16,18-19H2,1-2H3. The summed E-state index contributed by atoms with van der Waals surface area (Å²) in [6.07, 6.45) is 6.17. The Labute approximate surface area is 210 Å². The zero-order valence-corrected chi connectivity index (χ0v) is 20.6. The van der Waals surface area contributed by atoms with Crippen LogP contribution in [-0.2, 0) is 9.47 Å². The molecule has 1 fully saturated rings. The highest BCUT2D eigenvalue weighted by atomic mass is 19.2. The molecule has 1 saturated heterocycles. The van der Waals surface area contributed by atoms with Gasteiger partial charge in [-0.1, -0.05) is 55.5 Å². The molecule has 0 unspecified atom stereocenters. The number of halogens is 3. The molecular weight excluding hydrogens is 465 g/mol. The highest BCUT2D eigenvalue weighted by Gasteiger charge is 2.25. The third-order valence-electron chi connectivity index (χ3n) is 6.25. The fourth-order valence-electron chi connectivity index (χ4n) is 4.25. The number of ether oxygens (including phenoxy) is 3. The van der Waals surface area contributed by atoms with E-state index in [1.165, 1.54) is 18.2 Å². The average Bonchev–Trinajstić information content (AvgIpc) is 2.90. The van der Waals surface area contributed by atoms with E-state index in [0.717, 1.165) is 18.4 Å². The number of benzene rings is 3. The van der Waals surface area contributed by atoms with E-state index in [1.54, 1.807) is 30.3 Å². The maximum atomic E-state index is 15.0. The van der Waals surface area contributed by atoms with Crippen LogP contribution in [0, 0.1) is 17.5 Å². The maximum absolute atomic E-state index is 15.0. The Morgan fingerprint density at radius 3 is 2.25 bits per heavy atom. The number of hydrogen-bond donors (Lipinski definition) is 0. The molecule has 0 bridgehead atoms. The lowest BCUT2D eigenvalue weighted by Gasteiger charge is -2.29. The van der Waals surface area contributed by atoms with E-state index in [9.17, 15) is 8.78 Å². The third kappa shape index (κ3) is 6.00. The van der Waals surface area contributed by atoms with Crippen molar-refractivity contribution in [2.75, 3.05) is 19.8 Å². The quantitative estimate of drug-likeness (QED) is 0.281. The van der Waals surface area contributed by atoms with Gasteiger partial charge >= 0.3 is 0 Å². The van der Waals surface area contributed by atoms with Crippen LogP contribution in [0.15, 0.2) is 66.7 Å². The van der Waals surface area contributed by atoms with Gasteiger partial charge in [0, 0.05) is 17.9 Å². The molecule has 0 N–H and O–H groups in total. The molecule has 0 spiro atoms. The van der Waals surface area contributed by atoms with Crippen molar-refractivity contribution >= 4 is 0 Å². The van der Waals surface area contributed by atoms with Crippen molar-refractivity contribution in [3.8, 4) is 28.0 Å². The molecule has 3 aromatic rings. The van der Waals surface area contributed by atoms with Gasteiger partial charge in [-0.2, -0.15) is 4.39 Å². The minimum absolute atomic E-state index is 0.0942. The monoisotopic (exact) mass is 496 g/mol. The van der Waals surface area contributed by atoms with Gasteiger partial charge < -0.3 is 14.2 Å². The molecule has 36 heavy (non-hydrogen) atoms. The van der Waals surface area contributed by atoms with E-state index < -0.39 is 11.6 Å². The molecule has 190 valence electrons. The Kier molecular flexibility index (Phi) is 8.83. The van der Waals surface area contributed by atoms with Crippen molar-refractivity contribution in [1.82, 2.24) is 0 Å². The summed E-state index contributed by atoms with van der Waals surface area (Å²) in [5.41, 5.74) is 2.69. The summed E-state index contributed by atoms with van der Waals surface area (Å²) in [5.74, 6) is -2.53. The third-order valence-corrected chi connectivity index (χ3v) is 6.25. The van der Waals surface area contributed by atoms with E-state index in [0.29, 0.717) is 42.9 Å². The van der Waals surface area contributed by atoms with Crippen LogP contribution in [-0.4, -0.2) is 26.1 Å². The first-order valence-corrected chi connectivity index (χ1v) is 12.4. The summed E-state index contributed by atoms with van der Waals surface area (Å²) >= 11 is 0. The second-order valence-corrected chi connectivity index (χ2v) is 8.84. The van der Waals surface area contributed by atoms with Crippen LogP contribution in [0.5, 0.6) is 5.75 Å². The first kappa shape index (κ1) is 26.0. The fraction of sp³-hybridized carbons (Fsp3) is 0.333. The van der Waals surface area contributed by atoms with Gasteiger partial charge in [0.05, 0.1) is 19.8 Å². The smallest absolute Gasteiger partial charge is 0.201 e. The van der Waals surface area contributed by atoms with Gasteiger partial charge in [0.1, 0.15) is 5.82 Å². The molecular formula is C30H31F3O3. The topological polar surface area (TPSA) is 27.7 Å². The first-order chi connectivity index (χ1) is 17.5. The molecule has 0 aromatic heterocycles. The SMILES string of the molecule is CC=CCCC1OCC(c2ccc(-c3ccc(-c4ccc(OCCC)c(F)c4F)cc3)cc2F)CO1. The average molecular weight is 497 g/mol. The highest BCUT2D eigenvalue weighted by molar-refractivity contribution is 5.71. The van der Waals surface area contributed by atoms with E-state index >= 15 is 4.39 Å². The van der Waals surface area contributed by atoms with Crippen molar-refractivity contribution in [2.24, 2.45) is 0 Å². The molecule has 3 nitrogen and oxygen atoms in total. The van der Waals surface area contributed by atoms with Gasteiger partial charge in [-0.25, -0.2) is 8.78 Å². The molecule has 0 atom stereocenters. The molecule has 1 aliphatic heterocycles. The zero-order chi connectivity index (χ0) is 25.5. The number of allylic oxidation sites excluding steroid dienone is 2. The summed E-state index contributed by atoms with van der Waals surface area (Å²) in [4.78, 5) is 0. The zero-order valence-electron chi connectivity index (χ0n) is 20.6. The van der Waals surface area contributed by atoms with Crippen molar-refractivity contribution < 1.29 is 27.4 Å². The van der Waals surface area contributed by atoms with Crippen LogP contribution in [0.25, 0.3) is 22.3 Å². The van der Waals surface area contributed by atoms with Crippen LogP contribution in [0.1, 0.15) is 44.6 Å². The first-order valence-electron chi connectivity index (χ1n) is 12.4. The lowest BCUT2D eigenvalue weighted by molar-refractivity contribution is -0.189. The van der Waals surface area contributed by atoms with Crippen LogP contribution in [0.4, 0.5) is 13.2 Å². The Morgan fingerprint density at radius 1 is 0.889 bits per heavy atom. The Morgan fingerprint density at radius 2 is 1.58 bits per heavy atom. The highest BCUT2D eigenvalue weighted by Crippen LogP contribution is 2.33. The molecule has 4 rings (SSSR count). The molecule has 1 aliphatic rings. The summed E-state index contributed by atoms with van der Waals surface area (Å²) in [6, 6.07) is 15.0. The maximum Gasteiger partial charge on any atom is 0.201 e.